The van der Waals surface area contributed by atoms with Gasteiger partial charge < -0.3 is 13.8 Å². The minimum atomic E-state index is 0. The molecule has 0 aliphatic heterocycles. The summed E-state index contributed by atoms with van der Waals surface area (Å²) in [5, 5.41) is 9.76. The van der Waals surface area contributed by atoms with Crippen LogP contribution in [0.2, 0.25) is 0 Å². The monoisotopic (exact) mass is 1990 g/mol. The number of nitrogens with zero attached hydrogens (tertiary/aromatic N) is 13. The normalized spacial score (nSPS) is 11.1. The molecule has 0 saturated carbocycles. The Balaban J connectivity index is 0.000000113. The second kappa shape index (κ2) is 39.8. The maximum Gasteiger partial charge on any atom is 0.227 e. The third-order valence-corrected chi connectivity index (χ3v) is 25.1. The number of aromatic nitrogens is 13. The molecular weight excluding hydrogens is 1920 g/mol. The van der Waals surface area contributed by atoms with Crippen LogP contribution in [0.25, 0.3) is 245 Å². The fraction of sp³-hybridized carbons (Fsp3) is 0. The summed E-state index contributed by atoms with van der Waals surface area (Å²) in [6, 6.07) is 160. The third kappa shape index (κ3) is 18.7. The Morgan fingerprint density at radius 2 is 0.550 bits per heavy atom. The van der Waals surface area contributed by atoms with E-state index in [9.17, 15) is 0 Å². The predicted molar refractivity (Wildman–Crippen MR) is 562 cm³/mol. The standard InChI is InChI=1S/C38H24N4O.C38H24N4S.C36H22N4O.C11H8N.Ir/c1-4-11-26(12-5-1)35-40-36(27-13-6-2-7-14-27)42-37(41-35)31-18-10-17-29(23-31)30-20-19-25-21-22-33-34(32(25)24-30)43-38(39-33)28-15-8-3-9-16-28;1-4-11-25(12-5-1)35-40-36(26-13-6-2-7-14-26)42-37(41-35)31-18-10-17-28(24-31)29-19-21-32-30(23-29)20-22-33-34(32)39-38(43-33)27-15-8-3-9-16-27;1-4-10-25(11-5-1)33-38-34(26-12-6-2-7-13-26)40-35(39-33)28-19-17-23-16-18-24-20-21-30-32(31(24)29(23)22-28)41-36(37-30)27-14-8-3-9-15-27;1-2-6-10(7-3-1)11-8-4-5-9-12-11;/h2*1-24H;1-22H;1-6,8-9H;/q;;;-1;. The van der Waals surface area contributed by atoms with Gasteiger partial charge in [-0.2, -0.15) is 0 Å². The van der Waals surface area contributed by atoms with Crippen molar-refractivity contribution in [3.05, 3.63) is 479 Å². The minimum Gasteiger partial charge on any atom is -0.435 e. The molecule has 0 aliphatic rings. The van der Waals surface area contributed by atoms with Crippen LogP contribution in [0.1, 0.15) is 0 Å². The van der Waals surface area contributed by atoms with E-state index in [4.69, 9.17) is 68.6 Å². The van der Waals surface area contributed by atoms with Gasteiger partial charge in [-0.3, -0.25) is 0 Å². The van der Waals surface area contributed by atoms with Crippen molar-refractivity contribution < 1.29 is 28.9 Å². The van der Waals surface area contributed by atoms with Crippen molar-refractivity contribution in [1.82, 2.24) is 64.8 Å². The first-order valence-electron chi connectivity index (χ1n) is 45.6. The quantitative estimate of drug-likeness (QED) is 0.0694. The molecule has 17 heteroatoms. The van der Waals surface area contributed by atoms with Gasteiger partial charge in [-0.05, 0) is 134 Å². The largest absolute Gasteiger partial charge is 0.435 e. The summed E-state index contributed by atoms with van der Waals surface area (Å²) in [6.45, 7) is 0. The fourth-order valence-corrected chi connectivity index (χ4v) is 18.1. The van der Waals surface area contributed by atoms with E-state index < -0.39 is 0 Å². The van der Waals surface area contributed by atoms with Crippen molar-refractivity contribution >= 4 is 86.8 Å². The summed E-state index contributed by atoms with van der Waals surface area (Å²) in [7, 11) is 0. The Labute approximate surface area is 823 Å². The Bertz CT molecular complexity index is 8710. The molecule has 140 heavy (non-hydrogen) atoms. The molecule has 26 rings (SSSR count). The number of thiazole rings is 1. The number of hydrogen-bond acceptors (Lipinski definition) is 16. The van der Waals surface area contributed by atoms with Gasteiger partial charge in [0, 0.05) is 109 Å². The number of hydrogen-bond donors (Lipinski definition) is 0. The van der Waals surface area contributed by atoms with Crippen molar-refractivity contribution in [3.63, 3.8) is 0 Å². The average molecular weight is 1990 g/mol. The molecule has 7 heterocycles. The van der Waals surface area contributed by atoms with Gasteiger partial charge in [0.1, 0.15) is 16.0 Å². The smallest absolute Gasteiger partial charge is 0.227 e. The number of oxazole rings is 2. The van der Waals surface area contributed by atoms with Crippen molar-refractivity contribution in [2.24, 2.45) is 0 Å². The molecule has 26 aromatic rings. The van der Waals surface area contributed by atoms with Gasteiger partial charge in [-0.15, -0.1) is 47.2 Å². The maximum absolute atomic E-state index is 6.42. The van der Waals surface area contributed by atoms with E-state index in [1.165, 1.54) is 10.1 Å². The third-order valence-electron chi connectivity index (χ3n) is 24.1. The van der Waals surface area contributed by atoms with Crippen molar-refractivity contribution in [1.29, 1.82) is 0 Å². The summed E-state index contributed by atoms with van der Waals surface area (Å²) in [6.07, 6.45) is 1.79. The molecule has 0 saturated heterocycles. The number of pyridine rings is 1. The summed E-state index contributed by atoms with van der Waals surface area (Å²) in [5.41, 5.74) is 22.1. The Morgan fingerprint density at radius 1 is 0.214 bits per heavy atom. The molecule has 0 N–H and O–H groups in total. The molecule has 0 fully saturated rings. The van der Waals surface area contributed by atoms with Gasteiger partial charge in [0.15, 0.2) is 63.6 Å². The van der Waals surface area contributed by atoms with E-state index in [1.54, 1.807) is 17.5 Å². The minimum absolute atomic E-state index is 0. The van der Waals surface area contributed by atoms with Crippen molar-refractivity contribution in [2.75, 3.05) is 0 Å². The second-order valence-corrected chi connectivity index (χ2v) is 34.2. The van der Waals surface area contributed by atoms with E-state index in [0.29, 0.717) is 64.2 Å². The number of fused-ring (bicyclic) bond motifs is 11. The predicted octanol–water partition coefficient (Wildman–Crippen LogP) is 31.0. The summed E-state index contributed by atoms with van der Waals surface area (Å²) in [5.74, 6) is 6.98. The van der Waals surface area contributed by atoms with Gasteiger partial charge >= 0.3 is 0 Å². The van der Waals surface area contributed by atoms with E-state index in [1.807, 2.05) is 315 Å². The van der Waals surface area contributed by atoms with Crippen LogP contribution in [0.5, 0.6) is 0 Å². The van der Waals surface area contributed by atoms with Crippen LogP contribution >= 0.6 is 11.3 Å². The van der Waals surface area contributed by atoms with E-state index in [-0.39, 0.29) is 20.1 Å². The molecule has 0 amide bonds. The van der Waals surface area contributed by atoms with Gasteiger partial charge in [-0.1, -0.05) is 364 Å². The molecule has 0 bridgehead atoms. The van der Waals surface area contributed by atoms with E-state index in [2.05, 4.69) is 163 Å². The molecule has 0 spiro atoms. The van der Waals surface area contributed by atoms with Crippen LogP contribution in [-0.2, 0) is 20.1 Å². The SMILES string of the molecule is [Ir].[c-]1ccccc1-c1ccccn1.c1ccc(-c2nc(-c3ccccc3)nc(-c3ccc4ccc5ccc6nc(-c7ccccc7)oc6c5c4c3)n2)cc1.c1ccc(-c2nc(-c3ccccc3)nc(-c3cccc(-c4ccc5c(ccc6sc(-c7ccccc7)nc65)c4)c3)n2)cc1.c1ccc(-c2nc(-c3ccccc3)nc(-c3cccc(-c4ccc5ccc6nc(-c7ccccc7)oc6c5c4)c3)n2)cc1. The topological polar surface area (TPSA) is 194 Å². The Kier molecular flexibility index (Phi) is 24.8. The van der Waals surface area contributed by atoms with Gasteiger partial charge in [0.05, 0.1) is 10.2 Å². The fourth-order valence-electron chi connectivity index (χ4n) is 17.1. The molecule has 15 nitrogen and oxygen atoms in total. The van der Waals surface area contributed by atoms with E-state index >= 15 is 0 Å². The number of benzene rings is 19. The Morgan fingerprint density at radius 3 is 1.01 bits per heavy atom. The second-order valence-electron chi connectivity index (χ2n) is 33.1. The molecule has 663 valence electrons. The summed E-state index contributed by atoms with van der Waals surface area (Å²) >= 11 is 1.73. The van der Waals surface area contributed by atoms with Gasteiger partial charge in [0.2, 0.25) is 11.8 Å². The zero-order valence-corrected chi connectivity index (χ0v) is 78.1. The summed E-state index contributed by atoms with van der Waals surface area (Å²) < 4.78 is 13.9. The first kappa shape index (κ1) is 87.2. The van der Waals surface area contributed by atoms with Crippen LogP contribution in [0, 0.1) is 6.07 Å². The van der Waals surface area contributed by atoms with Crippen LogP contribution < -0.4 is 0 Å². The first-order valence-corrected chi connectivity index (χ1v) is 46.5. The van der Waals surface area contributed by atoms with Crippen LogP contribution in [0.3, 0.4) is 0 Å². The number of rotatable bonds is 15. The molecule has 19 aromatic carbocycles. The molecule has 0 aliphatic carbocycles. The van der Waals surface area contributed by atoms with Crippen molar-refractivity contribution in [3.8, 4) is 169 Å². The first-order chi connectivity index (χ1) is 68.8. The van der Waals surface area contributed by atoms with Crippen LogP contribution in [-0.4, -0.2) is 64.8 Å². The zero-order chi connectivity index (χ0) is 92.6. The van der Waals surface area contributed by atoms with Gasteiger partial charge in [-0.25, -0.2) is 59.8 Å². The molecule has 0 atom stereocenters. The molecule has 0 unspecified atom stereocenters. The zero-order valence-electron chi connectivity index (χ0n) is 74.9. The summed E-state index contributed by atoms with van der Waals surface area (Å²) in [4.78, 5) is 62.8. The van der Waals surface area contributed by atoms with Crippen LogP contribution in [0.4, 0.5) is 0 Å². The van der Waals surface area contributed by atoms with Crippen LogP contribution in [0.15, 0.2) is 482 Å². The van der Waals surface area contributed by atoms with E-state index in [0.717, 1.165) is 171 Å². The Hall–Kier alpha value is -18.1. The molecule has 1 radical (unpaired) electrons. The average Bonchev–Trinajstić information content (AvgIpc) is 1.44. The molecule has 7 aromatic heterocycles. The van der Waals surface area contributed by atoms with Gasteiger partial charge in [0.25, 0.3) is 0 Å². The molecular formula is C123H78IrN13O2S-. The van der Waals surface area contributed by atoms with Crippen molar-refractivity contribution in [2.45, 2.75) is 0 Å². The maximum atomic E-state index is 6.42.